The van der Waals surface area contributed by atoms with Crippen molar-refractivity contribution in [2.45, 2.75) is 13.0 Å². The third-order valence-electron chi connectivity index (χ3n) is 2.81. The summed E-state index contributed by atoms with van der Waals surface area (Å²) in [6.07, 6.45) is 2.15. The Kier molecular flexibility index (Phi) is 5.46. The van der Waals surface area contributed by atoms with Crippen LogP contribution in [0.2, 0.25) is 0 Å². The van der Waals surface area contributed by atoms with Crippen LogP contribution in [0.5, 0.6) is 0 Å². The van der Waals surface area contributed by atoms with Crippen LogP contribution in [0.4, 0.5) is 0 Å². The van der Waals surface area contributed by atoms with E-state index in [1.54, 1.807) is 6.26 Å². The van der Waals surface area contributed by atoms with Crippen LogP contribution in [0.3, 0.4) is 0 Å². The summed E-state index contributed by atoms with van der Waals surface area (Å²) in [5.74, 6) is 7.17. The Hall–Kier alpha value is -2.49. The average molecular weight is 264 g/mol. The molecule has 0 bridgehead atoms. The van der Waals surface area contributed by atoms with Gasteiger partial charge in [-0.3, -0.25) is 4.90 Å². The van der Waals surface area contributed by atoms with Crippen LogP contribution in [0.15, 0.2) is 53.1 Å². The Morgan fingerprint density at radius 2 is 1.95 bits per heavy atom. The number of nitrogens with zero attached hydrogens (tertiary/aromatic N) is 2. The number of benzene rings is 1. The van der Waals surface area contributed by atoms with E-state index in [4.69, 9.17) is 9.68 Å². The Balaban J connectivity index is 1.94. The molecule has 0 aliphatic heterocycles. The molecule has 20 heavy (non-hydrogen) atoms. The highest BCUT2D eigenvalue weighted by Gasteiger charge is 2.05. The van der Waals surface area contributed by atoms with Gasteiger partial charge in [-0.25, -0.2) is 0 Å². The number of hydrogen-bond donors (Lipinski definition) is 0. The van der Waals surface area contributed by atoms with Crippen molar-refractivity contribution in [1.29, 1.82) is 5.26 Å². The van der Waals surface area contributed by atoms with Gasteiger partial charge < -0.3 is 4.42 Å². The first-order chi connectivity index (χ1) is 9.88. The third-order valence-corrected chi connectivity index (χ3v) is 2.81. The molecule has 0 saturated heterocycles. The van der Waals surface area contributed by atoms with E-state index in [0.29, 0.717) is 26.1 Å². The van der Waals surface area contributed by atoms with Crippen molar-refractivity contribution in [3.8, 4) is 17.9 Å². The van der Waals surface area contributed by atoms with Crippen LogP contribution >= 0.6 is 0 Å². The second-order valence-corrected chi connectivity index (χ2v) is 4.37. The molecule has 0 spiro atoms. The fraction of sp³-hybridized carbons (Fsp3) is 0.235. The summed E-state index contributed by atoms with van der Waals surface area (Å²) in [5.41, 5.74) is 1.01. The largest absolute Gasteiger partial charge is 0.468 e. The highest BCUT2D eigenvalue weighted by molar-refractivity contribution is 5.33. The molecule has 3 nitrogen and oxygen atoms in total. The second kappa shape index (κ2) is 7.84. The second-order valence-electron chi connectivity index (χ2n) is 4.37. The highest BCUT2D eigenvalue weighted by Crippen LogP contribution is 2.05. The van der Waals surface area contributed by atoms with Crippen LogP contribution < -0.4 is 0 Å². The first kappa shape index (κ1) is 13.9. The van der Waals surface area contributed by atoms with Gasteiger partial charge in [0.1, 0.15) is 5.76 Å². The maximum absolute atomic E-state index is 8.71. The lowest BCUT2D eigenvalue weighted by Crippen LogP contribution is -2.24. The maximum Gasteiger partial charge on any atom is 0.117 e. The predicted molar refractivity (Wildman–Crippen MR) is 77.5 cm³/mol. The normalized spacial score (nSPS) is 9.80. The lowest BCUT2D eigenvalue weighted by Gasteiger charge is -2.16. The van der Waals surface area contributed by atoms with Crippen molar-refractivity contribution < 1.29 is 4.42 Å². The van der Waals surface area contributed by atoms with E-state index in [9.17, 15) is 0 Å². The molecule has 0 amide bonds. The Bertz CT molecular complexity index is 600. The molecule has 0 aliphatic carbocycles. The van der Waals surface area contributed by atoms with Gasteiger partial charge in [0.2, 0.25) is 0 Å². The van der Waals surface area contributed by atoms with E-state index < -0.39 is 0 Å². The molecule has 1 heterocycles. The molecular formula is C17H16N2O. The number of hydrogen-bond acceptors (Lipinski definition) is 3. The molecule has 0 unspecified atom stereocenters. The minimum Gasteiger partial charge on any atom is -0.468 e. The topological polar surface area (TPSA) is 40.2 Å². The fourth-order valence-electron chi connectivity index (χ4n) is 1.82. The predicted octanol–water partition coefficient (Wildman–Crippen LogP) is 3.05. The van der Waals surface area contributed by atoms with E-state index in [1.165, 1.54) is 0 Å². The van der Waals surface area contributed by atoms with Crippen molar-refractivity contribution in [2.24, 2.45) is 0 Å². The lowest BCUT2D eigenvalue weighted by molar-refractivity contribution is 0.277. The Labute approximate surface area is 119 Å². The quantitative estimate of drug-likeness (QED) is 0.779. The van der Waals surface area contributed by atoms with Crippen LogP contribution in [-0.4, -0.2) is 18.0 Å². The zero-order chi connectivity index (χ0) is 14.0. The molecule has 0 radical (unpaired) electrons. The van der Waals surface area contributed by atoms with Gasteiger partial charge in [0, 0.05) is 18.5 Å². The minimum absolute atomic E-state index is 0.494. The monoisotopic (exact) mass is 264 g/mol. The third kappa shape index (κ3) is 4.65. The van der Waals surface area contributed by atoms with E-state index in [-0.39, 0.29) is 0 Å². The lowest BCUT2D eigenvalue weighted by atomic mass is 10.2. The molecule has 100 valence electrons. The van der Waals surface area contributed by atoms with Crippen LogP contribution in [0.25, 0.3) is 0 Å². The molecule has 0 saturated carbocycles. The SMILES string of the molecule is N#CCCN(CC#Cc1ccccc1)Cc1ccco1. The smallest absolute Gasteiger partial charge is 0.117 e. The van der Waals surface area contributed by atoms with Crippen molar-refractivity contribution in [3.05, 3.63) is 60.1 Å². The van der Waals surface area contributed by atoms with Gasteiger partial charge in [0.15, 0.2) is 0 Å². The Morgan fingerprint density at radius 3 is 2.65 bits per heavy atom. The number of nitriles is 1. The molecule has 0 fully saturated rings. The van der Waals surface area contributed by atoms with Crippen molar-refractivity contribution in [3.63, 3.8) is 0 Å². The summed E-state index contributed by atoms with van der Waals surface area (Å²) in [6.45, 7) is 2.00. The molecule has 0 aliphatic rings. The molecule has 1 aromatic carbocycles. The summed E-state index contributed by atoms with van der Waals surface area (Å²) in [4.78, 5) is 2.11. The molecule has 2 rings (SSSR count). The summed E-state index contributed by atoms with van der Waals surface area (Å²) in [6, 6.07) is 15.9. The number of rotatable bonds is 5. The van der Waals surface area contributed by atoms with Crippen LogP contribution in [-0.2, 0) is 6.54 Å². The van der Waals surface area contributed by atoms with Gasteiger partial charge in [-0.1, -0.05) is 30.0 Å². The van der Waals surface area contributed by atoms with Crippen molar-refractivity contribution >= 4 is 0 Å². The van der Waals surface area contributed by atoms with E-state index in [1.807, 2.05) is 42.5 Å². The highest BCUT2D eigenvalue weighted by atomic mass is 16.3. The molecule has 2 aromatic rings. The summed E-state index contributed by atoms with van der Waals surface area (Å²) < 4.78 is 5.34. The number of furan rings is 1. The summed E-state index contributed by atoms with van der Waals surface area (Å²) >= 11 is 0. The van der Waals surface area contributed by atoms with Crippen molar-refractivity contribution in [2.75, 3.05) is 13.1 Å². The average Bonchev–Trinajstić information content (AvgIpc) is 2.98. The van der Waals surface area contributed by atoms with Crippen molar-refractivity contribution in [1.82, 2.24) is 4.90 Å². The first-order valence-corrected chi connectivity index (χ1v) is 6.54. The summed E-state index contributed by atoms with van der Waals surface area (Å²) in [5, 5.41) is 8.71. The van der Waals surface area contributed by atoms with E-state index in [2.05, 4.69) is 22.8 Å². The maximum atomic E-state index is 8.71. The van der Waals surface area contributed by atoms with Gasteiger partial charge in [-0.15, -0.1) is 0 Å². The standard InChI is InChI=1S/C17H16N2O/c18-11-6-13-19(15-17-10-5-14-20-17)12-4-9-16-7-2-1-3-8-16/h1-3,5,7-8,10,14H,6,12-13,15H2. The zero-order valence-corrected chi connectivity index (χ0v) is 11.2. The molecule has 0 N–H and O–H groups in total. The van der Waals surface area contributed by atoms with Gasteiger partial charge in [-0.2, -0.15) is 5.26 Å². The van der Waals surface area contributed by atoms with Crippen LogP contribution in [0.1, 0.15) is 17.7 Å². The Morgan fingerprint density at radius 1 is 1.10 bits per heavy atom. The van der Waals surface area contributed by atoms with Crippen LogP contribution in [0, 0.1) is 23.2 Å². The summed E-state index contributed by atoms with van der Waals surface area (Å²) in [7, 11) is 0. The van der Waals surface area contributed by atoms with E-state index in [0.717, 1.165) is 11.3 Å². The van der Waals surface area contributed by atoms with Gasteiger partial charge in [0.25, 0.3) is 0 Å². The molecule has 3 heteroatoms. The molecular weight excluding hydrogens is 248 g/mol. The zero-order valence-electron chi connectivity index (χ0n) is 11.2. The fourth-order valence-corrected chi connectivity index (χ4v) is 1.82. The minimum atomic E-state index is 0.494. The van der Waals surface area contributed by atoms with Gasteiger partial charge in [-0.05, 0) is 24.3 Å². The van der Waals surface area contributed by atoms with Gasteiger partial charge in [0.05, 0.1) is 25.4 Å². The van der Waals surface area contributed by atoms with Gasteiger partial charge >= 0.3 is 0 Å². The van der Waals surface area contributed by atoms with E-state index >= 15 is 0 Å². The molecule has 1 aromatic heterocycles. The molecule has 0 atom stereocenters. The first-order valence-electron chi connectivity index (χ1n) is 6.54.